The number of thioether (sulfide) groups is 1. The van der Waals surface area contributed by atoms with Crippen LogP contribution in [0.1, 0.15) is 31.0 Å². The lowest BCUT2D eigenvalue weighted by atomic mass is 10.1. The first kappa shape index (κ1) is 15.6. The van der Waals surface area contributed by atoms with Crippen LogP contribution < -0.4 is 5.32 Å². The van der Waals surface area contributed by atoms with Crippen molar-refractivity contribution in [3.63, 3.8) is 0 Å². The summed E-state index contributed by atoms with van der Waals surface area (Å²) in [5, 5.41) is 3.01. The normalized spacial score (nSPS) is 13.4. The molecule has 0 saturated carbocycles. The van der Waals surface area contributed by atoms with Gasteiger partial charge in [-0.1, -0.05) is 60.7 Å². The average molecular weight is 299 g/mol. The van der Waals surface area contributed by atoms with Crippen molar-refractivity contribution in [2.75, 3.05) is 0 Å². The number of hydrogen-bond donors (Lipinski definition) is 1. The van der Waals surface area contributed by atoms with E-state index in [0.29, 0.717) is 0 Å². The topological polar surface area (TPSA) is 29.1 Å². The van der Waals surface area contributed by atoms with E-state index >= 15 is 0 Å². The van der Waals surface area contributed by atoms with Gasteiger partial charge in [0.25, 0.3) is 0 Å². The van der Waals surface area contributed by atoms with Gasteiger partial charge in [-0.25, -0.2) is 0 Å². The number of hydrogen-bond acceptors (Lipinski definition) is 2. The lowest BCUT2D eigenvalue weighted by molar-refractivity contribution is -0.120. The fourth-order valence-electron chi connectivity index (χ4n) is 2.03. The summed E-state index contributed by atoms with van der Waals surface area (Å²) in [6.45, 7) is 3.97. The molecule has 2 rings (SSSR count). The first-order valence-corrected chi connectivity index (χ1v) is 8.22. The maximum atomic E-state index is 12.2. The van der Waals surface area contributed by atoms with Crippen molar-refractivity contribution < 1.29 is 4.79 Å². The molecule has 0 fully saturated rings. The van der Waals surface area contributed by atoms with E-state index in [1.54, 1.807) is 11.8 Å². The zero-order chi connectivity index (χ0) is 15.1. The fourth-order valence-corrected chi connectivity index (χ4v) is 2.88. The van der Waals surface area contributed by atoms with E-state index in [-0.39, 0.29) is 17.2 Å². The molecule has 2 aromatic rings. The molecule has 3 heteroatoms. The molecule has 2 atom stereocenters. The molecule has 2 nitrogen and oxygen atoms in total. The van der Waals surface area contributed by atoms with Crippen LogP contribution in [0.4, 0.5) is 0 Å². The maximum absolute atomic E-state index is 12.2. The summed E-state index contributed by atoms with van der Waals surface area (Å²) in [5.74, 6) is 0.946. The van der Waals surface area contributed by atoms with E-state index in [1.165, 1.54) is 5.56 Å². The minimum absolute atomic E-state index is 0.0403. The van der Waals surface area contributed by atoms with E-state index in [1.807, 2.05) is 62.4 Å². The first-order chi connectivity index (χ1) is 10.2. The van der Waals surface area contributed by atoms with Crippen LogP contribution >= 0.6 is 11.8 Å². The summed E-state index contributed by atoms with van der Waals surface area (Å²) in [6.07, 6.45) is 0. The molecule has 0 spiro atoms. The molecule has 1 N–H and O–H groups in total. The predicted molar refractivity (Wildman–Crippen MR) is 90.2 cm³/mol. The van der Waals surface area contributed by atoms with E-state index in [4.69, 9.17) is 0 Å². The number of carbonyl (C=O) groups is 1. The Hall–Kier alpha value is -1.74. The monoisotopic (exact) mass is 299 g/mol. The standard InChI is InChI=1S/C18H21NOS/c1-14(17-11-7-4-8-12-17)19-18(20)15(2)21-13-16-9-5-3-6-10-16/h3-12,14-15H,13H2,1-2H3,(H,19,20)/t14-,15+/m0/s1. The van der Waals surface area contributed by atoms with Gasteiger partial charge in [0, 0.05) is 5.75 Å². The van der Waals surface area contributed by atoms with Crippen LogP contribution in [0.3, 0.4) is 0 Å². The third kappa shape index (κ3) is 4.94. The van der Waals surface area contributed by atoms with Crippen LogP contribution in [-0.2, 0) is 10.5 Å². The van der Waals surface area contributed by atoms with Crippen LogP contribution in [0.25, 0.3) is 0 Å². The second kappa shape index (κ2) is 7.89. The minimum Gasteiger partial charge on any atom is -0.349 e. The number of benzene rings is 2. The van der Waals surface area contributed by atoms with Crippen molar-refractivity contribution in [2.45, 2.75) is 30.9 Å². The molecule has 0 bridgehead atoms. The molecular weight excluding hydrogens is 278 g/mol. The Morgan fingerprint density at radius 2 is 1.57 bits per heavy atom. The van der Waals surface area contributed by atoms with Crippen molar-refractivity contribution in [2.24, 2.45) is 0 Å². The van der Waals surface area contributed by atoms with Gasteiger partial charge in [-0.2, -0.15) is 0 Å². The highest BCUT2D eigenvalue weighted by atomic mass is 32.2. The Balaban J connectivity index is 1.82. The fraction of sp³-hybridized carbons (Fsp3) is 0.278. The van der Waals surface area contributed by atoms with Gasteiger partial charge < -0.3 is 5.32 Å². The van der Waals surface area contributed by atoms with Gasteiger partial charge in [-0.05, 0) is 25.0 Å². The second-order valence-electron chi connectivity index (χ2n) is 5.08. The Morgan fingerprint density at radius 1 is 1.00 bits per heavy atom. The molecule has 2 aromatic carbocycles. The van der Waals surface area contributed by atoms with E-state index in [2.05, 4.69) is 17.4 Å². The highest BCUT2D eigenvalue weighted by molar-refractivity contribution is 7.99. The quantitative estimate of drug-likeness (QED) is 0.866. The Bertz CT molecular complexity index is 556. The molecule has 0 radical (unpaired) electrons. The van der Waals surface area contributed by atoms with Crippen LogP contribution in [0.2, 0.25) is 0 Å². The molecule has 0 aliphatic rings. The van der Waals surface area contributed by atoms with E-state index in [0.717, 1.165) is 11.3 Å². The van der Waals surface area contributed by atoms with Crippen molar-refractivity contribution in [3.8, 4) is 0 Å². The highest BCUT2D eigenvalue weighted by Crippen LogP contribution is 2.19. The highest BCUT2D eigenvalue weighted by Gasteiger charge is 2.16. The summed E-state index contributed by atoms with van der Waals surface area (Å²) >= 11 is 1.66. The maximum Gasteiger partial charge on any atom is 0.233 e. The molecule has 0 aliphatic carbocycles. The van der Waals surface area contributed by atoms with Crippen molar-refractivity contribution in [3.05, 3.63) is 71.8 Å². The molecule has 0 aliphatic heterocycles. The predicted octanol–water partition coefficient (Wildman–Crippen LogP) is 4.19. The van der Waals surface area contributed by atoms with Gasteiger partial charge in [0.1, 0.15) is 0 Å². The summed E-state index contributed by atoms with van der Waals surface area (Å²) < 4.78 is 0. The summed E-state index contributed by atoms with van der Waals surface area (Å²) in [5.41, 5.74) is 2.38. The third-order valence-corrected chi connectivity index (χ3v) is 4.58. The molecule has 21 heavy (non-hydrogen) atoms. The van der Waals surface area contributed by atoms with Crippen LogP contribution in [0, 0.1) is 0 Å². The smallest absolute Gasteiger partial charge is 0.233 e. The average Bonchev–Trinajstić information content (AvgIpc) is 2.54. The second-order valence-corrected chi connectivity index (χ2v) is 6.41. The molecular formula is C18H21NOS. The Morgan fingerprint density at radius 3 is 2.19 bits per heavy atom. The molecule has 1 amide bonds. The van der Waals surface area contributed by atoms with Gasteiger partial charge in [-0.3, -0.25) is 4.79 Å². The van der Waals surface area contributed by atoms with Gasteiger partial charge in [0.15, 0.2) is 0 Å². The number of amides is 1. The summed E-state index contributed by atoms with van der Waals surface area (Å²) in [6, 6.07) is 20.3. The van der Waals surface area contributed by atoms with Gasteiger partial charge in [0.05, 0.1) is 11.3 Å². The lowest BCUT2D eigenvalue weighted by Gasteiger charge is -2.17. The first-order valence-electron chi connectivity index (χ1n) is 7.17. The minimum atomic E-state index is -0.0589. The zero-order valence-corrected chi connectivity index (χ0v) is 13.3. The Labute approximate surface area is 131 Å². The van der Waals surface area contributed by atoms with Crippen LogP contribution in [-0.4, -0.2) is 11.2 Å². The van der Waals surface area contributed by atoms with Crippen molar-refractivity contribution >= 4 is 17.7 Å². The molecule has 0 unspecified atom stereocenters. The van der Waals surface area contributed by atoms with E-state index < -0.39 is 0 Å². The van der Waals surface area contributed by atoms with Crippen LogP contribution in [0.5, 0.6) is 0 Å². The van der Waals surface area contributed by atoms with Crippen LogP contribution in [0.15, 0.2) is 60.7 Å². The van der Waals surface area contributed by atoms with Gasteiger partial charge in [0.2, 0.25) is 5.91 Å². The summed E-state index contributed by atoms with van der Waals surface area (Å²) in [4.78, 5) is 12.2. The van der Waals surface area contributed by atoms with Crippen molar-refractivity contribution in [1.82, 2.24) is 5.32 Å². The Kier molecular flexibility index (Phi) is 5.88. The third-order valence-electron chi connectivity index (χ3n) is 3.37. The van der Waals surface area contributed by atoms with Gasteiger partial charge in [-0.15, -0.1) is 11.8 Å². The van der Waals surface area contributed by atoms with Crippen molar-refractivity contribution in [1.29, 1.82) is 0 Å². The molecule has 110 valence electrons. The number of nitrogens with one attached hydrogen (secondary N) is 1. The number of carbonyl (C=O) groups excluding carboxylic acids is 1. The molecule has 0 aromatic heterocycles. The lowest BCUT2D eigenvalue weighted by Crippen LogP contribution is -2.33. The number of rotatable bonds is 6. The zero-order valence-electron chi connectivity index (χ0n) is 12.5. The van der Waals surface area contributed by atoms with E-state index in [9.17, 15) is 4.79 Å². The molecule has 0 heterocycles. The largest absolute Gasteiger partial charge is 0.349 e. The summed E-state index contributed by atoms with van der Waals surface area (Å²) in [7, 11) is 0. The molecule has 0 saturated heterocycles. The van der Waals surface area contributed by atoms with Gasteiger partial charge >= 0.3 is 0 Å². The SMILES string of the molecule is C[C@H](NC(=O)[C@@H](C)SCc1ccccc1)c1ccccc1.